The molecule has 0 unspecified atom stereocenters. The summed E-state index contributed by atoms with van der Waals surface area (Å²) in [5, 5.41) is 11.3. The van der Waals surface area contributed by atoms with Crippen molar-refractivity contribution >= 4 is 34.1 Å². The topological polar surface area (TPSA) is 80.9 Å². The van der Waals surface area contributed by atoms with Crippen LogP contribution in [0.4, 0.5) is 5.13 Å². The molecule has 0 spiro atoms. The molecular formula is C15H20N4OS2. The number of anilines is 1. The highest BCUT2D eigenvalue weighted by Crippen LogP contribution is 2.28. The number of nitrogens with zero attached hydrogens (tertiary/aromatic N) is 2. The predicted molar refractivity (Wildman–Crippen MR) is 92.0 cm³/mol. The van der Waals surface area contributed by atoms with Gasteiger partial charge in [0.1, 0.15) is 0 Å². The van der Waals surface area contributed by atoms with Crippen LogP contribution in [0.15, 0.2) is 34.7 Å². The summed E-state index contributed by atoms with van der Waals surface area (Å²) in [4.78, 5) is 12.0. The van der Waals surface area contributed by atoms with Gasteiger partial charge in [0, 0.05) is 5.75 Å². The number of carbonyl (C=O) groups excluding carboxylic acids is 1. The second-order valence-corrected chi connectivity index (χ2v) is 8.18. The first-order chi connectivity index (χ1) is 10.4. The van der Waals surface area contributed by atoms with Gasteiger partial charge in [-0.1, -0.05) is 74.2 Å². The molecule has 5 nitrogen and oxygen atoms in total. The van der Waals surface area contributed by atoms with Gasteiger partial charge in [0.2, 0.25) is 11.0 Å². The molecule has 1 amide bonds. The summed E-state index contributed by atoms with van der Waals surface area (Å²) < 4.78 is 0.823. The van der Waals surface area contributed by atoms with Crippen LogP contribution in [0.3, 0.4) is 0 Å². The van der Waals surface area contributed by atoms with Crippen LogP contribution >= 0.6 is 23.1 Å². The minimum atomic E-state index is -0.586. The molecule has 0 saturated carbocycles. The maximum Gasteiger partial charge on any atom is 0.243 e. The van der Waals surface area contributed by atoms with Crippen LogP contribution in [-0.4, -0.2) is 22.1 Å². The molecule has 0 aliphatic carbocycles. The number of carbonyl (C=O) groups is 1. The van der Waals surface area contributed by atoms with Gasteiger partial charge in [-0.3, -0.25) is 10.1 Å². The van der Waals surface area contributed by atoms with E-state index in [1.54, 1.807) is 11.8 Å². The Kier molecular flexibility index (Phi) is 5.55. The zero-order chi connectivity index (χ0) is 16.2. The number of rotatable bonds is 5. The minimum Gasteiger partial charge on any atom is -0.319 e. The van der Waals surface area contributed by atoms with Crippen molar-refractivity contribution in [2.24, 2.45) is 11.1 Å². The summed E-state index contributed by atoms with van der Waals surface area (Å²) in [7, 11) is 0. The van der Waals surface area contributed by atoms with E-state index < -0.39 is 6.04 Å². The van der Waals surface area contributed by atoms with Crippen molar-refractivity contribution in [3.8, 4) is 0 Å². The Bertz CT molecular complexity index is 622. The van der Waals surface area contributed by atoms with E-state index in [0.717, 1.165) is 10.1 Å². The van der Waals surface area contributed by atoms with Crippen molar-refractivity contribution in [2.45, 2.75) is 36.9 Å². The summed E-state index contributed by atoms with van der Waals surface area (Å²) in [5.41, 5.74) is 6.86. The lowest BCUT2D eigenvalue weighted by molar-refractivity contribution is -0.119. The van der Waals surface area contributed by atoms with Crippen molar-refractivity contribution in [2.75, 3.05) is 5.32 Å². The third kappa shape index (κ3) is 4.79. The average molecular weight is 336 g/mol. The largest absolute Gasteiger partial charge is 0.319 e. The molecule has 2 aromatic rings. The Morgan fingerprint density at radius 1 is 1.32 bits per heavy atom. The number of aromatic nitrogens is 2. The Morgan fingerprint density at radius 2 is 2.00 bits per heavy atom. The molecule has 1 atom stereocenters. The fraction of sp³-hybridized carbons (Fsp3) is 0.400. The molecule has 0 radical (unpaired) electrons. The van der Waals surface area contributed by atoms with E-state index in [0.29, 0.717) is 5.13 Å². The standard InChI is InChI=1S/C15H20N4OS2/c1-15(2,3)11(16)12(20)17-13-18-19-14(22-13)21-9-10-7-5-4-6-8-10/h4-8,11H,9,16H2,1-3H3,(H,17,18,20)/t11-/m1/s1. The second-order valence-electron chi connectivity index (χ2n) is 5.98. The van der Waals surface area contributed by atoms with Crippen LogP contribution in [0.5, 0.6) is 0 Å². The molecule has 118 valence electrons. The van der Waals surface area contributed by atoms with Gasteiger partial charge in [0.15, 0.2) is 4.34 Å². The maximum absolute atomic E-state index is 12.0. The zero-order valence-electron chi connectivity index (χ0n) is 12.9. The molecule has 1 heterocycles. The molecule has 22 heavy (non-hydrogen) atoms. The van der Waals surface area contributed by atoms with E-state index in [2.05, 4.69) is 27.6 Å². The quantitative estimate of drug-likeness (QED) is 0.647. The Labute approximate surface area is 138 Å². The average Bonchev–Trinajstić information content (AvgIpc) is 2.92. The van der Waals surface area contributed by atoms with Gasteiger partial charge >= 0.3 is 0 Å². The summed E-state index contributed by atoms with van der Waals surface area (Å²) >= 11 is 2.96. The Morgan fingerprint density at radius 3 is 2.64 bits per heavy atom. The van der Waals surface area contributed by atoms with Gasteiger partial charge in [-0.15, -0.1) is 10.2 Å². The molecule has 0 aliphatic rings. The number of thioether (sulfide) groups is 1. The third-order valence-electron chi connectivity index (χ3n) is 3.06. The molecule has 0 aliphatic heterocycles. The fourth-order valence-electron chi connectivity index (χ4n) is 1.61. The summed E-state index contributed by atoms with van der Waals surface area (Å²) in [6, 6.07) is 9.56. The Hall–Kier alpha value is -1.44. The third-order valence-corrected chi connectivity index (χ3v) is 5.10. The van der Waals surface area contributed by atoms with Crippen LogP contribution in [0.2, 0.25) is 0 Å². The summed E-state index contributed by atoms with van der Waals surface area (Å²) in [6.45, 7) is 5.79. The highest BCUT2D eigenvalue weighted by atomic mass is 32.2. The number of nitrogens with two attached hydrogens (primary N) is 1. The first kappa shape index (κ1) is 16.9. The molecule has 1 aromatic carbocycles. The zero-order valence-corrected chi connectivity index (χ0v) is 14.5. The van der Waals surface area contributed by atoms with E-state index in [4.69, 9.17) is 5.73 Å². The van der Waals surface area contributed by atoms with Crippen LogP contribution in [0.1, 0.15) is 26.3 Å². The van der Waals surface area contributed by atoms with E-state index in [1.807, 2.05) is 39.0 Å². The van der Waals surface area contributed by atoms with E-state index >= 15 is 0 Å². The maximum atomic E-state index is 12.0. The van der Waals surface area contributed by atoms with Crippen molar-refractivity contribution in [3.63, 3.8) is 0 Å². The van der Waals surface area contributed by atoms with Crippen LogP contribution in [0, 0.1) is 5.41 Å². The second kappa shape index (κ2) is 7.21. The molecule has 0 fully saturated rings. The number of hydrogen-bond donors (Lipinski definition) is 2. The van der Waals surface area contributed by atoms with Crippen molar-refractivity contribution in [3.05, 3.63) is 35.9 Å². The smallest absolute Gasteiger partial charge is 0.243 e. The SMILES string of the molecule is CC(C)(C)[C@H](N)C(=O)Nc1nnc(SCc2ccccc2)s1. The first-order valence-electron chi connectivity index (χ1n) is 6.93. The first-order valence-corrected chi connectivity index (χ1v) is 8.73. The van der Waals surface area contributed by atoms with Gasteiger partial charge < -0.3 is 5.73 Å². The minimum absolute atomic E-state index is 0.233. The number of amides is 1. The van der Waals surface area contributed by atoms with E-state index in [1.165, 1.54) is 16.9 Å². The molecule has 0 saturated heterocycles. The van der Waals surface area contributed by atoms with Gasteiger partial charge in [-0.05, 0) is 11.0 Å². The number of nitrogens with one attached hydrogen (secondary N) is 1. The van der Waals surface area contributed by atoms with Crippen LogP contribution < -0.4 is 11.1 Å². The van der Waals surface area contributed by atoms with Crippen molar-refractivity contribution in [1.82, 2.24) is 10.2 Å². The molecule has 2 rings (SSSR count). The lowest BCUT2D eigenvalue weighted by atomic mass is 9.87. The summed E-state index contributed by atoms with van der Waals surface area (Å²) in [5.74, 6) is 0.591. The predicted octanol–water partition coefficient (Wildman–Crippen LogP) is 3.14. The van der Waals surface area contributed by atoms with E-state index in [9.17, 15) is 4.79 Å². The molecule has 1 aromatic heterocycles. The van der Waals surface area contributed by atoms with Crippen molar-refractivity contribution < 1.29 is 4.79 Å². The van der Waals surface area contributed by atoms with Crippen LogP contribution in [-0.2, 0) is 10.5 Å². The monoisotopic (exact) mass is 336 g/mol. The highest BCUT2D eigenvalue weighted by Gasteiger charge is 2.28. The molecule has 3 N–H and O–H groups in total. The highest BCUT2D eigenvalue weighted by molar-refractivity contribution is 8.00. The van der Waals surface area contributed by atoms with Gasteiger partial charge in [0.25, 0.3) is 0 Å². The van der Waals surface area contributed by atoms with Crippen molar-refractivity contribution in [1.29, 1.82) is 0 Å². The molecular weight excluding hydrogens is 316 g/mol. The lowest BCUT2D eigenvalue weighted by Gasteiger charge is -2.25. The lowest BCUT2D eigenvalue weighted by Crippen LogP contribution is -2.45. The number of hydrogen-bond acceptors (Lipinski definition) is 6. The fourth-order valence-corrected chi connectivity index (χ4v) is 3.33. The number of benzene rings is 1. The Balaban J connectivity index is 1.90. The normalized spacial score (nSPS) is 12.9. The molecule has 7 heteroatoms. The van der Waals surface area contributed by atoms with Gasteiger partial charge in [0.05, 0.1) is 6.04 Å². The van der Waals surface area contributed by atoms with E-state index in [-0.39, 0.29) is 11.3 Å². The molecule has 0 bridgehead atoms. The van der Waals surface area contributed by atoms with Crippen LogP contribution in [0.25, 0.3) is 0 Å². The van der Waals surface area contributed by atoms with Gasteiger partial charge in [-0.25, -0.2) is 0 Å². The van der Waals surface area contributed by atoms with Gasteiger partial charge in [-0.2, -0.15) is 0 Å². The summed E-state index contributed by atoms with van der Waals surface area (Å²) in [6.07, 6.45) is 0.